The van der Waals surface area contributed by atoms with Gasteiger partial charge in [-0.15, -0.1) is 0 Å². The molecule has 0 spiro atoms. The SMILES string of the molecule is CC(C)[C@@H](CCN1CCN(C)CC1)c1ccc(Cl)cc1. The monoisotopic (exact) mass is 294 g/mol. The van der Waals surface area contributed by atoms with Crippen molar-refractivity contribution in [3.8, 4) is 0 Å². The van der Waals surface area contributed by atoms with Gasteiger partial charge in [-0.2, -0.15) is 0 Å². The van der Waals surface area contributed by atoms with Crippen LogP contribution in [0.2, 0.25) is 5.02 Å². The smallest absolute Gasteiger partial charge is 0.0406 e. The van der Waals surface area contributed by atoms with E-state index in [1.807, 2.05) is 12.1 Å². The highest BCUT2D eigenvalue weighted by Gasteiger charge is 2.19. The molecule has 1 aromatic carbocycles. The zero-order chi connectivity index (χ0) is 14.5. The summed E-state index contributed by atoms with van der Waals surface area (Å²) in [5.41, 5.74) is 1.43. The summed E-state index contributed by atoms with van der Waals surface area (Å²) < 4.78 is 0. The fourth-order valence-corrected chi connectivity index (χ4v) is 3.11. The molecule has 0 N–H and O–H groups in total. The van der Waals surface area contributed by atoms with Crippen molar-refractivity contribution in [2.75, 3.05) is 39.8 Å². The van der Waals surface area contributed by atoms with Gasteiger partial charge in [-0.1, -0.05) is 37.6 Å². The third-order valence-electron chi connectivity index (χ3n) is 4.46. The first-order valence-corrected chi connectivity index (χ1v) is 8.10. The number of likely N-dealkylation sites (N-methyl/N-ethyl adjacent to an activating group) is 1. The normalized spacial score (nSPS) is 19.4. The topological polar surface area (TPSA) is 6.48 Å². The lowest BCUT2D eigenvalue weighted by molar-refractivity contribution is 0.148. The number of halogens is 1. The maximum Gasteiger partial charge on any atom is 0.0406 e. The van der Waals surface area contributed by atoms with Crippen molar-refractivity contribution < 1.29 is 0 Å². The first kappa shape index (κ1) is 15.8. The van der Waals surface area contributed by atoms with E-state index in [0.29, 0.717) is 11.8 Å². The molecule has 0 radical (unpaired) electrons. The molecule has 3 heteroatoms. The van der Waals surface area contributed by atoms with Crippen LogP contribution in [0.25, 0.3) is 0 Å². The Morgan fingerprint density at radius 2 is 1.65 bits per heavy atom. The van der Waals surface area contributed by atoms with Gasteiger partial charge in [-0.3, -0.25) is 0 Å². The van der Waals surface area contributed by atoms with Crippen molar-refractivity contribution >= 4 is 11.6 Å². The summed E-state index contributed by atoms with van der Waals surface area (Å²) in [6, 6.07) is 8.41. The van der Waals surface area contributed by atoms with E-state index in [1.54, 1.807) is 0 Å². The Balaban J connectivity index is 1.91. The summed E-state index contributed by atoms with van der Waals surface area (Å²) in [5.74, 6) is 1.30. The van der Waals surface area contributed by atoms with Crippen LogP contribution in [0.4, 0.5) is 0 Å². The summed E-state index contributed by atoms with van der Waals surface area (Å²) >= 11 is 6.00. The lowest BCUT2D eigenvalue weighted by Gasteiger charge is -2.33. The van der Waals surface area contributed by atoms with E-state index in [1.165, 1.54) is 44.7 Å². The number of rotatable bonds is 5. The highest BCUT2D eigenvalue weighted by atomic mass is 35.5. The number of piperazine rings is 1. The minimum Gasteiger partial charge on any atom is -0.304 e. The van der Waals surface area contributed by atoms with Gasteiger partial charge in [0.15, 0.2) is 0 Å². The van der Waals surface area contributed by atoms with Crippen molar-refractivity contribution in [3.05, 3.63) is 34.9 Å². The predicted molar refractivity (Wildman–Crippen MR) is 87.6 cm³/mol. The Hall–Kier alpha value is -0.570. The van der Waals surface area contributed by atoms with E-state index in [2.05, 4.69) is 42.8 Å². The molecule has 1 saturated heterocycles. The maximum absolute atomic E-state index is 6.00. The van der Waals surface area contributed by atoms with E-state index in [0.717, 1.165) is 5.02 Å². The Kier molecular flexibility index (Phi) is 5.88. The number of nitrogens with zero attached hydrogens (tertiary/aromatic N) is 2. The zero-order valence-corrected chi connectivity index (χ0v) is 13.7. The minimum absolute atomic E-state index is 0.631. The second-order valence-corrected chi connectivity index (χ2v) is 6.77. The second kappa shape index (κ2) is 7.44. The van der Waals surface area contributed by atoms with Crippen molar-refractivity contribution in [1.82, 2.24) is 9.80 Å². The molecular formula is C17H27ClN2. The Morgan fingerprint density at radius 1 is 1.05 bits per heavy atom. The fourth-order valence-electron chi connectivity index (χ4n) is 2.99. The van der Waals surface area contributed by atoms with Gasteiger partial charge in [0.1, 0.15) is 0 Å². The van der Waals surface area contributed by atoms with Crippen LogP contribution in [-0.4, -0.2) is 49.6 Å². The molecule has 1 aliphatic rings. The standard InChI is InChI=1S/C17H27ClN2/c1-14(2)17(15-4-6-16(18)7-5-15)8-9-20-12-10-19(3)11-13-20/h4-7,14,17H,8-13H2,1-3H3/t17-/m1/s1. The molecule has 0 aromatic heterocycles. The molecule has 0 aliphatic carbocycles. The number of benzene rings is 1. The molecule has 20 heavy (non-hydrogen) atoms. The van der Waals surface area contributed by atoms with Crippen molar-refractivity contribution in [2.45, 2.75) is 26.2 Å². The van der Waals surface area contributed by atoms with E-state index in [4.69, 9.17) is 11.6 Å². The second-order valence-electron chi connectivity index (χ2n) is 6.34. The van der Waals surface area contributed by atoms with Gasteiger partial charge in [-0.25, -0.2) is 0 Å². The van der Waals surface area contributed by atoms with Crippen molar-refractivity contribution in [2.24, 2.45) is 5.92 Å². The van der Waals surface area contributed by atoms with Crippen LogP contribution in [0, 0.1) is 5.92 Å². The molecule has 1 aromatic rings. The summed E-state index contributed by atoms with van der Waals surface area (Å²) in [4.78, 5) is 5.01. The third-order valence-corrected chi connectivity index (χ3v) is 4.71. The molecule has 0 amide bonds. The largest absolute Gasteiger partial charge is 0.304 e. The third kappa shape index (κ3) is 4.47. The molecule has 112 valence electrons. The van der Waals surface area contributed by atoms with E-state index in [9.17, 15) is 0 Å². The molecule has 0 saturated carbocycles. The Bertz CT molecular complexity index is 394. The van der Waals surface area contributed by atoms with Crippen molar-refractivity contribution in [3.63, 3.8) is 0 Å². The molecular weight excluding hydrogens is 268 g/mol. The average Bonchev–Trinajstić information content (AvgIpc) is 2.43. The van der Waals surface area contributed by atoms with Crippen LogP contribution in [0.3, 0.4) is 0 Å². The molecule has 1 aliphatic heterocycles. The quantitative estimate of drug-likeness (QED) is 0.817. The van der Waals surface area contributed by atoms with Crippen LogP contribution in [-0.2, 0) is 0 Å². The Morgan fingerprint density at radius 3 is 2.20 bits per heavy atom. The van der Waals surface area contributed by atoms with Gasteiger partial charge in [0.2, 0.25) is 0 Å². The lowest BCUT2D eigenvalue weighted by atomic mass is 9.85. The van der Waals surface area contributed by atoms with E-state index >= 15 is 0 Å². The minimum atomic E-state index is 0.631. The highest BCUT2D eigenvalue weighted by Crippen LogP contribution is 2.29. The summed E-state index contributed by atoms with van der Waals surface area (Å²) in [6.45, 7) is 10.7. The molecule has 2 rings (SSSR count). The van der Waals surface area contributed by atoms with Crippen LogP contribution in [0.1, 0.15) is 31.7 Å². The van der Waals surface area contributed by atoms with Gasteiger partial charge in [-0.05, 0) is 49.5 Å². The first-order chi connectivity index (χ1) is 9.56. The predicted octanol–water partition coefficient (Wildman–Crippen LogP) is 3.72. The average molecular weight is 295 g/mol. The van der Waals surface area contributed by atoms with Gasteiger partial charge in [0.05, 0.1) is 0 Å². The fraction of sp³-hybridized carbons (Fsp3) is 0.647. The van der Waals surface area contributed by atoms with Gasteiger partial charge < -0.3 is 9.80 Å². The number of hydrogen-bond donors (Lipinski definition) is 0. The molecule has 1 heterocycles. The van der Waals surface area contributed by atoms with Gasteiger partial charge in [0.25, 0.3) is 0 Å². The summed E-state index contributed by atoms with van der Waals surface area (Å²) in [7, 11) is 2.21. The molecule has 2 nitrogen and oxygen atoms in total. The molecule has 0 bridgehead atoms. The highest BCUT2D eigenvalue weighted by molar-refractivity contribution is 6.30. The van der Waals surface area contributed by atoms with Gasteiger partial charge in [0, 0.05) is 31.2 Å². The number of hydrogen-bond acceptors (Lipinski definition) is 2. The first-order valence-electron chi connectivity index (χ1n) is 7.72. The van der Waals surface area contributed by atoms with Crippen LogP contribution in [0.5, 0.6) is 0 Å². The summed E-state index contributed by atoms with van der Waals surface area (Å²) in [5, 5.41) is 0.829. The molecule has 1 fully saturated rings. The van der Waals surface area contributed by atoms with E-state index < -0.39 is 0 Å². The molecule has 0 unspecified atom stereocenters. The van der Waals surface area contributed by atoms with E-state index in [-0.39, 0.29) is 0 Å². The van der Waals surface area contributed by atoms with Crippen LogP contribution < -0.4 is 0 Å². The van der Waals surface area contributed by atoms with Crippen LogP contribution >= 0.6 is 11.6 Å². The van der Waals surface area contributed by atoms with Crippen molar-refractivity contribution in [1.29, 1.82) is 0 Å². The Labute approximate surface area is 128 Å². The van der Waals surface area contributed by atoms with Gasteiger partial charge >= 0.3 is 0 Å². The summed E-state index contributed by atoms with van der Waals surface area (Å²) in [6.07, 6.45) is 1.24. The maximum atomic E-state index is 6.00. The van der Waals surface area contributed by atoms with Crippen LogP contribution in [0.15, 0.2) is 24.3 Å². The zero-order valence-electron chi connectivity index (χ0n) is 13.0. The lowest BCUT2D eigenvalue weighted by Crippen LogP contribution is -2.45. The molecule has 1 atom stereocenters.